The van der Waals surface area contributed by atoms with Crippen molar-refractivity contribution in [3.63, 3.8) is 0 Å². The molecule has 120 valence electrons. The summed E-state index contributed by atoms with van der Waals surface area (Å²) in [5.41, 5.74) is 1.12. The Morgan fingerprint density at radius 1 is 1.13 bits per heavy atom. The molecule has 0 spiro atoms. The molecule has 1 aromatic carbocycles. The van der Waals surface area contributed by atoms with Crippen LogP contribution in [0.5, 0.6) is 0 Å². The van der Waals surface area contributed by atoms with Gasteiger partial charge in [0.2, 0.25) is 16.9 Å². The van der Waals surface area contributed by atoms with E-state index in [9.17, 15) is 9.59 Å². The van der Waals surface area contributed by atoms with Crippen LogP contribution in [0.1, 0.15) is 23.4 Å². The van der Waals surface area contributed by atoms with E-state index >= 15 is 0 Å². The molecule has 1 saturated heterocycles. The number of amides is 2. The summed E-state index contributed by atoms with van der Waals surface area (Å²) in [5, 5.41) is 13.6. The van der Waals surface area contributed by atoms with E-state index in [0.29, 0.717) is 42.5 Å². The van der Waals surface area contributed by atoms with Crippen LogP contribution in [0.3, 0.4) is 0 Å². The van der Waals surface area contributed by atoms with Crippen molar-refractivity contribution in [1.29, 1.82) is 0 Å². The third-order valence-electron chi connectivity index (χ3n) is 3.50. The molecule has 8 heteroatoms. The fourth-order valence-electron chi connectivity index (χ4n) is 2.32. The molecule has 1 N–H and O–H groups in total. The zero-order chi connectivity index (χ0) is 16.2. The van der Waals surface area contributed by atoms with Crippen LogP contribution in [-0.2, 0) is 16.0 Å². The third kappa shape index (κ3) is 4.05. The van der Waals surface area contributed by atoms with Crippen LogP contribution in [0.4, 0.5) is 5.13 Å². The molecule has 0 aliphatic carbocycles. The highest BCUT2D eigenvalue weighted by atomic mass is 35.5. The van der Waals surface area contributed by atoms with Crippen molar-refractivity contribution in [2.75, 3.05) is 18.4 Å². The maximum Gasteiger partial charge on any atom is 0.229 e. The number of hydrogen-bond acceptors (Lipinski definition) is 6. The van der Waals surface area contributed by atoms with Crippen LogP contribution < -0.4 is 5.32 Å². The number of nitrogens with one attached hydrogen (secondary N) is 1. The van der Waals surface area contributed by atoms with Crippen LogP contribution in [0.15, 0.2) is 24.3 Å². The quantitative estimate of drug-likeness (QED) is 0.809. The molecule has 0 unspecified atom stereocenters. The Morgan fingerprint density at radius 3 is 2.52 bits per heavy atom. The molecule has 6 nitrogen and oxygen atoms in total. The normalized spacial score (nSPS) is 14.6. The molecule has 23 heavy (non-hydrogen) atoms. The van der Waals surface area contributed by atoms with Crippen LogP contribution in [0.25, 0.3) is 0 Å². The number of imide groups is 1. The third-order valence-corrected chi connectivity index (χ3v) is 4.63. The minimum absolute atomic E-state index is 0.0995. The molecule has 1 aromatic heterocycles. The van der Waals surface area contributed by atoms with Crippen molar-refractivity contribution < 1.29 is 9.59 Å². The average Bonchev–Trinajstić information content (AvgIpc) is 3.11. The topological polar surface area (TPSA) is 75.2 Å². The van der Waals surface area contributed by atoms with E-state index in [1.54, 1.807) is 0 Å². The predicted molar refractivity (Wildman–Crippen MR) is 88.6 cm³/mol. The fraction of sp³-hybridized carbons (Fsp3) is 0.333. The Labute approximate surface area is 142 Å². The number of nitrogens with zero attached hydrogens (tertiary/aromatic N) is 3. The number of anilines is 1. The van der Waals surface area contributed by atoms with Crippen molar-refractivity contribution >= 4 is 39.9 Å². The molecule has 1 aliphatic rings. The smallest absolute Gasteiger partial charge is 0.229 e. The Balaban J connectivity index is 1.50. The number of hydrogen-bond donors (Lipinski definition) is 1. The lowest BCUT2D eigenvalue weighted by atomic mass is 10.2. The summed E-state index contributed by atoms with van der Waals surface area (Å²) in [5.74, 6) is -0.199. The van der Waals surface area contributed by atoms with Crippen molar-refractivity contribution in [3.8, 4) is 0 Å². The second-order valence-corrected chi connectivity index (χ2v) is 6.67. The maximum absolute atomic E-state index is 11.5. The van der Waals surface area contributed by atoms with Crippen LogP contribution in [0, 0.1) is 0 Å². The largest absolute Gasteiger partial charge is 0.358 e. The average molecular weight is 351 g/mol. The molecule has 2 heterocycles. The molecular weight excluding hydrogens is 336 g/mol. The van der Waals surface area contributed by atoms with E-state index < -0.39 is 0 Å². The minimum atomic E-state index is -0.0995. The monoisotopic (exact) mass is 350 g/mol. The Hall–Kier alpha value is -1.99. The van der Waals surface area contributed by atoms with Gasteiger partial charge in [0.15, 0.2) is 0 Å². The summed E-state index contributed by atoms with van der Waals surface area (Å²) < 4.78 is 0. The Morgan fingerprint density at radius 2 is 1.83 bits per heavy atom. The second kappa shape index (κ2) is 7.06. The molecular formula is C15H15ClN4O2S. The first-order valence-corrected chi connectivity index (χ1v) is 8.45. The molecule has 0 saturated carbocycles. The van der Waals surface area contributed by atoms with Gasteiger partial charge >= 0.3 is 0 Å². The predicted octanol–water partition coefficient (Wildman–Crippen LogP) is 2.34. The molecule has 0 radical (unpaired) electrons. The van der Waals surface area contributed by atoms with E-state index in [2.05, 4.69) is 15.5 Å². The van der Waals surface area contributed by atoms with Gasteiger partial charge in [0.05, 0.1) is 0 Å². The first kappa shape index (κ1) is 15.9. The SMILES string of the molecule is O=C1CCC(=O)N1CCNc1nnc(Cc2ccc(Cl)cc2)s1. The summed E-state index contributed by atoms with van der Waals surface area (Å²) in [4.78, 5) is 24.3. The van der Waals surface area contributed by atoms with Gasteiger partial charge in [-0.3, -0.25) is 14.5 Å². The van der Waals surface area contributed by atoms with Gasteiger partial charge < -0.3 is 5.32 Å². The lowest BCUT2D eigenvalue weighted by molar-refractivity contribution is -0.138. The Bertz CT molecular complexity index is 701. The molecule has 2 aromatic rings. The van der Waals surface area contributed by atoms with Gasteiger partial charge in [0.1, 0.15) is 5.01 Å². The van der Waals surface area contributed by atoms with Crippen LogP contribution in [0.2, 0.25) is 5.02 Å². The van der Waals surface area contributed by atoms with Gasteiger partial charge in [-0.05, 0) is 17.7 Å². The van der Waals surface area contributed by atoms with Crippen molar-refractivity contribution in [1.82, 2.24) is 15.1 Å². The lowest BCUT2D eigenvalue weighted by Gasteiger charge is -2.13. The van der Waals surface area contributed by atoms with Crippen LogP contribution >= 0.6 is 22.9 Å². The second-order valence-electron chi connectivity index (χ2n) is 5.17. The number of carbonyl (C=O) groups is 2. The first-order valence-electron chi connectivity index (χ1n) is 7.26. The van der Waals surface area contributed by atoms with Crippen LogP contribution in [-0.4, -0.2) is 40.0 Å². The van der Waals surface area contributed by atoms with E-state index in [1.807, 2.05) is 24.3 Å². The molecule has 1 aliphatic heterocycles. The molecule has 0 atom stereocenters. The summed E-state index contributed by atoms with van der Waals surface area (Å²) in [7, 11) is 0. The maximum atomic E-state index is 11.5. The minimum Gasteiger partial charge on any atom is -0.358 e. The number of benzene rings is 1. The van der Waals surface area contributed by atoms with E-state index in [4.69, 9.17) is 11.6 Å². The van der Waals surface area contributed by atoms with Crippen molar-refractivity contribution in [2.45, 2.75) is 19.3 Å². The number of rotatable bonds is 6. The highest BCUT2D eigenvalue weighted by Gasteiger charge is 2.28. The lowest BCUT2D eigenvalue weighted by Crippen LogP contribution is -2.33. The van der Waals surface area contributed by atoms with Gasteiger partial charge in [-0.2, -0.15) is 0 Å². The zero-order valence-corrected chi connectivity index (χ0v) is 13.9. The summed E-state index contributed by atoms with van der Waals surface area (Å²) in [6, 6.07) is 7.62. The molecule has 0 bridgehead atoms. The Kier molecular flexibility index (Phi) is 4.88. The van der Waals surface area contributed by atoms with Gasteiger partial charge in [-0.15, -0.1) is 10.2 Å². The van der Waals surface area contributed by atoms with E-state index in [-0.39, 0.29) is 11.8 Å². The molecule has 1 fully saturated rings. The summed E-state index contributed by atoms with van der Waals surface area (Å²) in [6.07, 6.45) is 1.34. The van der Waals surface area contributed by atoms with Crippen molar-refractivity contribution in [2.24, 2.45) is 0 Å². The molecule has 2 amide bonds. The standard InChI is InChI=1S/C15H15ClN4O2S/c16-11-3-1-10(2-4-11)9-12-18-19-15(23-12)17-7-8-20-13(21)5-6-14(20)22/h1-4H,5-9H2,(H,17,19). The fourth-order valence-corrected chi connectivity index (χ4v) is 3.25. The highest BCUT2D eigenvalue weighted by Crippen LogP contribution is 2.19. The summed E-state index contributed by atoms with van der Waals surface area (Å²) >= 11 is 7.32. The van der Waals surface area contributed by atoms with Gasteiger partial charge in [0, 0.05) is 37.4 Å². The highest BCUT2D eigenvalue weighted by molar-refractivity contribution is 7.15. The number of aromatic nitrogens is 2. The first-order chi connectivity index (χ1) is 11.1. The van der Waals surface area contributed by atoms with Gasteiger partial charge in [-0.25, -0.2) is 0 Å². The summed E-state index contributed by atoms with van der Waals surface area (Å²) in [6.45, 7) is 0.844. The van der Waals surface area contributed by atoms with Crippen molar-refractivity contribution in [3.05, 3.63) is 39.9 Å². The molecule has 3 rings (SSSR count). The number of likely N-dealkylation sites (tertiary alicyclic amines) is 1. The number of halogens is 1. The zero-order valence-electron chi connectivity index (χ0n) is 12.3. The van der Waals surface area contributed by atoms with Gasteiger partial charge in [-0.1, -0.05) is 35.1 Å². The van der Waals surface area contributed by atoms with E-state index in [1.165, 1.54) is 16.2 Å². The van der Waals surface area contributed by atoms with E-state index in [0.717, 1.165) is 10.6 Å². The number of carbonyl (C=O) groups excluding carboxylic acids is 2. The van der Waals surface area contributed by atoms with Gasteiger partial charge in [0.25, 0.3) is 0 Å².